The standard InChI is InChI=1S/C32H50N2O6/c1-5-7-15-21-39-30(38)26-25-28(36)34(19-13-8-9-14-20-35)27(32(25)22-23(3)31(26,4)40-32)29(37)33(18-6-2)24-16-11-10-12-17-24/h5-6,23-27,35H,1-2,7-22H2,3-4H3/t23?,25-,26+,27?,31-,32?/m0/s1. The SMILES string of the molecule is C=CCCCOC(=O)[C@H]1[C@H]2C(=O)N(CCCCCCO)C(C(=O)N(CC=C)C3CCCCC3)C23CC(C)[C@]1(C)O3. The zero-order valence-electron chi connectivity index (χ0n) is 24.7. The largest absolute Gasteiger partial charge is 0.465 e. The van der Waals surface area contributed by atoms with E-state index in [2.05, 4.69) is 20.1 Å². The second kappa shape index (κ2) is 13.2. The fourth-order valence-electron chi connectivity index (χ4n) is 7.96. The minimum atomic E-state index is -1.05. The highest BCUT2D eigenvalue weighted by atomic mass is 16.6. The third kappa shape index (κ3) is 5.50. The summed E-state index contributed by atoms with van der Waals surface area (Å²) in [5, 5.41) is 9.18. The van der Waals surface area contributed by atoms with Gasteiger partial charge in [-0.2, -0.15) is 0 Å². The molecule has 0 aromatic rings. The average molecular weight is 559 g/mol. The van der Waals surface area contributed by atoms with Crippen molar-refractivity contribution in [2.24, 2.45) is 17.8 Å². The van der Waals surface area contributed by atoms with E-state index in [0.717, 1.165) is 57.8 Å². The molecule has 2 amide bonds. The number of ether oxygens (including phenoxy) is 2. The molecule has 3 saturated heterocycles. The van der Waals surface area contributed by atoms with E-state index in [1.165, 1.54) is 6.42 Å². The fourth-order valence-corrected chi connectivity index (χ4v) is 7.96. The molecule has 0 aromatic heterocycles. The summed E-state index contributed by atoms with van der Waals surface area (Å²) in [7, 11) is 0. The van der Waals surface area contributed by atoms with Crippen molar-refractivity contribution < 1.29 is 29.0 Å². The van der Waals surface area contributed by atoms with Crippen molar-refractivity contribution >= 4 is 17.8 Å². The number of aliphatic hydroxyl groups excluding tert-OH is 1. The molecular formula is C32H50N2O6. The van der Waals surface area contributed by atoms with Gasteiger partial charge >= 0.3 is 5.97 Å². The number of carbonyl (C=O) groups excluding carboxylic acids is 3. The number of allylic oxidation sites excluding steroid dienone is 1. The highest BCUT2D eigenvalue weighted by Gasteiger charge is 2.80. The van der Waals surface area contributed by atoms with E-state index in [-0.39, 0.29) is 37.0 Å². The van der Waals surface area contributed by atoms with Crippen LogP contribution in [-0.4, -0.2) is 82.3 Å². The van der Waals surface area contributed by atoms with Crippen molar-refractivity contribution in [1.29, 1.82) is 0 Å². The molecule has 4 aliphatic rings. The van der Waals surface area contributed by atoms with Crippen LogP contribution in [0.15, 0.2) is 25.3 Å². The quantitative estimate of drug-likeness (QED) is 0.182. The molecule has 3 heterocycles. The Hall–Kier alpha value is -2.19. The number of amides is 2. The van der Waals surface area contributed by atoms with E-state index < -0.39 is 35.0 Å². The van der Waals surface area contributed by atoms with Crippen LogP contribution in [0.3, 0.4) is 0 Å². The Bertz CT molecular complexity index is 948. The summed E-state index contributed by atoms with van der Waals surface area (Å²) >= 11 is 0. The number of rotatable bonds is 15. The van der Waals surface area contributed by atoms with Gasteiger partial charge in [0.05, 0.1) is 18.1 Å². The number of hydrogen-bond donors (Lipinski definition) is 1. The molecule has 224 valence electrons. The third-order valence-electron chi connectivity index (χ3n) is 10.0. The lowest BCUT2D eigenvalue weighted by Gasteiger charge is -2.41. The van der Waals surface area contributed by atoms with Crippen LogP contribution in [0.1, 0.15) is 90.9 Å². The van der Waals surface area contributed by atoms with Crippen molar-refractivity contribution in [2.45, 2.75) is 114 Å². The molecule has 8 heteroatoms. The minimum absolute atomic E-state index is 0.00962. The molecule has 2 bridgehead atoms. The first kappa shape index (κ1) is 30.8. The van der Waals surface area contributed by atoms with Crippen LogP contribution in [0.2, 0.25) is 0 Å². The molecule has 4 rings (SSSR count). The van der Waals surface area contributed by atoms with Gasteiger partial charge in [0, 0.05) is 25.7 Å². The van der Waals surface area contributed by atoms with E-state index in [1.807, 2.05) is 11.8 Å². The maximum Gasteiger partial charge on any atom is 0.312 e. The van der Waals surface area contributed by atoms with Crippen LogP contribution in [-0.2, 0) is 23.9 Å². The monoisotopic (exact) mass is 558 g/mol. The maximum atomic E-state index is 14.6. The van der Waals surface area contributed by atoms with Gasteiger partial charge in [-0.05, 0) is 57.8 Å². The molecule has 0 radical (unpaired) electrons. The Morgan fingerprint density at radius 2 is 1.85 bits per heavy atom. The lowest BCUT2D eigenvalue weighted by Crippen LogP contribution is -2.58. The highest BCUT2D eigenvalue weighted by Crippen LogP contribution is 2.65. The number of nitrogens with zero attached hydrogens (tertiary/aromatic N) is 2. The molecule has 1 saturated carbocycles. The van der Waals surface area contributed by atoms with Crippen LogP contribution in [0.25, 0.3) is 0 Å². The number of aliphatic hydroxyl groups is 1. The highest BCUT2D eigenvalue weighted by molar-refractivity contribution is 5.98. The summed E-state index contributed by atoms with van der Waals surface area (Å²) in [6.07, 6.45) is 14.0. The van der Waals surface area contributed by atoms with Crippen molar-refractivity contribution in [3.8, 4) is 0 Å². The zero-order valence-corrected chi connectivity index (χ0v) is 24.7. The van der Waals surface area contributed by atoms with Crippen molar-refractivity contribution in [2.75, 3.05) is 26.3 Å². The number of likely N-dealkylation sites (tertiary alicyclic amines) is 1. The number of carbonyl (C=O) groups is 3. The molecule has 1 spiro atoms. The van der Waals surface area contributed by atoms with E-state index in [9.17, 15) is 19.5 Å². The molecule has 0 aromatic carbocycles. The number of fused-ring (bicyclic) bond motifs is 1. The first-order valence-electron chi connectivity index (χ1n) is 15.6. The number of unbranched alkanes of at least 4 members (excludes halogenated alkanes) is 4. The summed E-state index contributed by atoms with van der Waals surface area (Å²) in [5.74, 6) is -2.12. The lowest BCUT2D eigenvalue weighted by molar-refractivity contribution is -0.162. The molecule has 40 heavy (non-hydrogen) atoms. The molecule has 3 aliphatic heterocycles. The van der Waals surface area contributed by atoms with Crippen LogP contribution < -0.4 is 0 Å². The van der Waals surface area contributed by atoms with Gasteiger partial charge in [-0.15, -0.1) is 13.2 Å². The molecular weight excluding hydrogens is 508 g/mol. The molecule has 4 fully saturated rings. The molecule has 6 atom stereocenters. The summed E-state index contributed by atoms with van der Waals surface area (Å²) in [6.45, 7) is 12.9. The van der Waals surface area contributed by atoms with Gasteiger partial charge < -0.3 is 24.4 Å². The fraction of sp³-hybridized carbons (Fsp3) is 0.781. The molecule has 3 unspecified atom stereocenters. The Kier molecular flexibility index (Phi) is 10.1. The third-order valence-corrected chi connectivity index (χ3v) is 10.0. The van der Waals surface area contributed by atoms with Gasteiger partial charge in [-0.3, -0.25) is 14.4 Å². The van der Waals surface area contributed by atoms with Gasteiger partial charge in [-0.25, -0.2) is 0 Å². The second-order valence-corrected chi connectivity index (χ2v) is 12.5. The summed E-state index contributed by atoms with van der Waals surface area (Å²) in [6, 6.07) is -0.652. The number of esters is 1. The Morgan fingerprint density at radius 3 is 2.52 bits per heavy atom. The van der Waals surface area contributed by atoms with Gasteiger partial charge in [0.15, 0.2) is 0 Å². The van der Waals surface area contributed by atoms with Crippen molar-refractivity contribution in [1.82, 2.24) is 9.80 Å². The van der Waals surface area contributed by atoms with Crippen LogP contribution >= 0.6 is 0 Å². The van der Waals surface area contributed by atoms with E-state index in [4.69, 9.17) is 9.47 Å². The molecule has 1 N–H and O–H groups in total. The Balaban J connectivity index is 1.67. The smallest absolute Gasteiger partial charge is 0.312 e. The molecule has 1 aliphatic carbocycles. The lowest BCUT2D eigenvalue weighted by atomic mass is 9.62. The predicted molar refractivity (Wildman–Crippen MR) is 153 cm³/mol. The van der Waals surface area contributed by atoms with E-state index in [1.54, 1.807) is 17.1 Å². The zero-order chi connectivity index (χ0) is 28.9. The average Bonchev–Trinajstić information content (AvgIpc) is 3.46. The van der Waals surface area contributed by atoms with Gasteiger partial charge in [0.2, 0.25) is 11.8 Å². The summed E-state index contributed by atoms with van der Waals surface area (Å²) in [5.41, 5.74) is -1.91. The van der Waals surface area contributed by atoms with Crippen LogP contribution in [0.5, 0.6) is 0 Å². The van der Waals surface area contributed by atoms with Gasteiger partial charge in [0.1, 0.15) is 17.6 Å². The molecule has 8 nitrogen and oxygen atoms in total. The first-order chi connectivity index (χ1) is 19.3. The van der Waals surface area contributed by atoms with Gasteiger partial charge in [0.25, 0.3) is 0 Å². The Morgan fingerprint density at radius 1 is 1.12 bits per heavy atom. The number of hydrogen-bond acceptors (Lipinski definition) is 6. The van der Waals surface area contributed by atoms with Gasteiger partial charge in [-0.1, -0.05) is 51.2 Å². The predicted octanol–water partition coefficient (Wildman–Crippen LogP) is 4.41. The van der Waals surface area contributed by atoms with Crippen LogP contribution in [0, 0.1) is 17.8 Å². The minimum Gasteiger partial charge on any atom is -0.465 e. The Labute approximate surface area is 240 Å². The second-order valence-electron chi connectivity index (χ2n) is 12.5. The summed E-state index contributed by atoms with van der Waals surface area (Å²) in [4.78, 5) is 46.2. The summed E-state index contributed by atoms with van der Waals surface area (Å²) < 4.78 is 12.6. The van der Waals surface area contributed by atoms with E-state index in [0.29, 0.717) is 25.9 Å². The van der Waals surface area contributed by atoms with Crippen molar-refractivity contribution in [3.05, 3.63) is 25.3 Å². The van der Waals surface area contributed by atoms with Crippen molar-refractivity contribution in [3.63, 3.8) is 0 Å². The van der Waals surface area contributed by atoms with E-state index >= 15 is 0 Å². The topological polar surface area (TPSA) is 96.4 Å². The maximum absolute atomic E-state index is 14.6. The first-order valence-corrected chi connectivity index (χ1v) is 15.6. The van der Waals surface area contributed by atoms with Crippen LogP contribution in [0.4, 0.5) is 0 Å². The normalized spacial score (nSPS) is 33.2.